The van der Waals surface area contributed by atoms with Crippen LogP contribution in [0.5, 0.6) is 0 Å². The number of carbonyl (C=O) groups excluding carboxylic acids is 3. The van der Waals surface area contributed by atoms with Gasteiger partial charge in [-0.25, -0.2) is 4.39 Å². The summed E-state index contributed by atoms with van der Waals surface area (Å²) in [5.74, 6) is -1.04. The molecule has 0 unspecified atom stereocenters. The molecule has 34 heavy (non-hydrogen) atoms. The van der Waals surface area contributed by atoms with Crippen LogP contribution in [-0.2, 0) is 40.9 Å². The number of fused-ring (bicyclic) bond motifs is 1. The lowest BCUT2D eigenvalue weighted by Gasteiger charge is -2.29. The lowest BCUT2D eigenvalue weighted by Crippen LogP contribution is -2.42. The first-order valence-electron chi connectivity index (χ1n) is 11.2. The van der Waals surface area contributed by atoms with Gasteiger partial charge in [0.1, 0.15) is 5.82 Å². The summed E-state index contributed by atoms with van der Waals surface area (Å²) in [6, 6.07) is 3.98. The molecule has 11 heteroatoms. The van der Waals surface area contributed by atoms with E-state index in [1.807, 2.05) is 7.05 Å². The highest BCUT2D eigenvalue weighted by atomic mass is 35.5. The van der Waals surface area contributed by atoms with E-state index >= 15 is 0 Å². The highest BCUT2D eigenvalue weighted by molar-refractivity contribution is 6.31. The molecule has 0 bridgehead atoms. The van der Waals surface area contributed by atoms with Gasteiger partial charge >= 0.3 is 0 Å². The van der Waals surface area contributed by atoms with Crippen LogP contribution in [-0.4, -0.2) is 70.1 Å². The van der Waals surface area contributed by atoms with Crippen molar-refractivity contribution >= 4 is 29.3 Å². The first kappa shape index (κ1) is 24.2. The Morgan fingerprint density at radius 1 is 1.15 bits per heavy atom. The molecule has 1 aromatic carbocycles. The molecular formula is C23H27ClFN5O4. The predicted octanol–water partition coefficient (Wildman–Crippen LogP) is 1.67. The summed E-state index contributed by atoms with van der Waals surface area (Å²) in [5.41, 5.74) is 2.70. The maximum absolute atomic E-state index is 13.1. The van der Waals surface area contributed by atoms with Crippen molar-refractivity contribution in [2.24, 2.45) is 7.05 Å². The third-order valence-corrected chi connectivity index (χ3v) is 6.50. The molecule has 0 atom stereocenters. The largest absolute Gasteiger partial charge is 0.378 e. The fraction of sp³-hybridized carbons (Fsp3) is 0.478. The van der Waals surface area contributed by atoms with Gasteiger partial charge in [0.25, 0.3) is 5.91 Å². The van der Waals surface area contributed by atoms with Crippen LogP contribution < -0.4 is 5.32 Å². The molecule has 2 aliphatic rings. The second-order valence-electron chi connectivity index (χ2n) is 8.38. The van der Waals surface area contributed by atoms with Gasteiger partial charge in [0.2, 0.25) is 11.8 Å². The van der Waals surface area contributed by atoms with Gasteiger partial charge in [-0.2, -0.15) is 5.10 Å². The molecule has 9 nitrogen and oxygen atoms in total. The van der Waals surface area contributed by atoms with Crippen molar-refractivity contribution in [1.82, 2.24) is 24.9 Å². The molecule has 1 aromatic heterocycles. The standard InChI is InChI=1S/C23H27ClFN5O4/c1-28-19-6-7-30(14-17(19)22(27-28)23(33)29-8-10-34-11-9-29)21(32)5-4-20(31)26-13-15-2-3-16(25)12-18(15)24/h2-3,12H,4-11,13-14H2,1H3,(H,26,31). The number of carbonyl (C=O) groups is 3. The zero-order chi connectivity index (χ0) is 24.2. The minimum Gasteiger partial charge on any atom is -0.378 e. The van der Waals surface area contributed by atoms with E-state index in [1.54, 1.807) is 14.5 Å². The van der Waals surface area contributed by atoms with Crippen molar-refractivity contribution in [3.05, 3.63) is 51.6 Å². The third-order valence-electron chi connectivity index (χ3n) is 6.15. The van der Waals surface area contributed by atoms with E-state index in [0.29, 0.717) is 57.1 Å². The number of hydrogen-bond donors (Lipinski definition) is 1. The molecule has 1 fully saturated rings. The predicted molar refractivity (Wildman–Crippen MR) is 122 cm³/mol. The minimum atomic E-state index is -0.446. The molecule has 0 spiro atoms. The van der Waals surface area contributed by atoms with Crippen LogP contribution in [0.15, 0.2) is 18.2 Å². The van der Waals surface area contributed by atoms with E-state index in [9.17, 15) is 18.8 Å². The number of nitrogens with zero attached hydrogens (tertiary/aromatic N) is 4. The van der Waals surface area contributed by atoms with Crippen molar-refractivity contribution < 1.29 is 23.5 Å². The summed E-state index contributed by atoms with van der Waals surface area (Å²) >= 11 is 5.98. The SMILES string of the molecule is Cn1nc(C(=O)N2CCOCC2)c2c1CCN(C(=O)CCC(=O)NCc1ccc(F)cc1Cl)C2. The minimum absolute atomic E-state index is 0.0214. The quantitative estimate of drug-likeness (QED) is 0.663. The molecule has 3 amide bonds. The van der Waals surface area contributed by atoms with Gasteiger partial charge in [-0.15, -0.1) is 0 Å². The van der Waals surface area contributed by atoms with Gasteiger partial charge in [-0.3, -0.25) is 19.1 Å². The van der Waals surface area contributed by atoms with E-state index in [-0.39, 0.29) is 42.1 Å². The van der Waals surface area contributed by atoms with Gasteiger partial charge in [0.05, 0.1) is 13.2 Å². The Bertz CT molecular complexity index is 1100. The Labute approximate surface area is 201 Å². The van der Waals surface area contributed by atoms with Crippen molar-refractivity contribution in [2.75, 3.05) is 32.8 Å². The van der Waals surface area contributed by atoms with Crippen LogP contribution >= 0.6 is 11.6 Å². The van der Waals surface area contributed by atoms with Gasteiger partial charge < -0.3 is 19.9 Å². The number of aromatic nitrogens is 2. The Kier molecular flexibility index (Phi) is 7.47. The average molecular weight is 492 g/mol. The summed E-state index contributed by atoms with van der Waals surface area (Å²) in [7, 11) is 1.81. The van der Waals surface area contributed by atoms with Gasteiger partial charge in [0.15, 0.2) is 5.69 Å². The second kappa shape index (κ2) is 10.5. The molecule has 3 heterocycles. The number of rotatable bonds is 6. The molecular weight excluding hydrogens is 465 g/mol. The Balaban J connectivity index is 1.32. The molecule has 0 saturated carbocycles. The highest BCUT2D eigenvalue weighted by Crippen LogP contribution is 2.24. The number of morpholine rings is 1. The van der Waals surface area contributed by atoms with E-state index in [4.69, 9.17) is 16.3 Å². The number of hydrogen-bond acceptors (Lipinski definition) is 5. The Morgan fingerprint density at radius 2 is 1.91 bits per heavy atom. The van der Waals surface area contributed by atoms with Gasteiger partial charge in [0, 0.05) is 75.3 Å². The van der Waals surface area contributed by atoms with Crippen molar-refractivity contribution in [1.29, 1.82) is 0 Å². The monoisotopic (exact) mass is 491 g/mol. The maximum Gasteiger partial charge on any atom is 0.274 e. The molecule has 1 N–H and O–H groups in total. The van der Waals surface area contributed by atoms with Crippen LogP contribution in [0, 0.1) is 5.82 Å². The molecule has 4 rings (SSSR count). The van der Waals surface area contributed by atoms with Crippen molar-refractivity contribution in [3.8, 4) is 0 Å². The normalized spacial score (nSPS) is 15.7. The number of amides is 3. The summed E-state index contributed by atoms with van der Waals surface area (Å²) in [5, 5.41) is 7.39. The summed E-state index contributed by atoms with van der Waals surface area (Å²) in [6.45, 7) is 2.99. The highest BCUT2D eigenvalue weighted by Gasteiger charge is 2.31. The molecule has 0 radical (unpaired) electrons. The number of nitrogens with one attached hydrogen (secondary N) is 1. The zero-order valence-electron chi connectivity index (χ0n) is 19.0. The van der Waals surface area contributed by atoms with Crippen molar-refractivity contribution in [2.45, 2.75) is 32.4 Å². The van der Waals surface area contributed by atoms with Crippen LogP contribution in [0.3, 0.4) is 0 Å². The molecule has 182 valence electrons. The molecule has 2 aromatic rings. The van der Waals surface area contributed by atoms with E-state index < -0.39 is 5.82 Å². The van der Waals surface area contributed by atoms with E-state index in [2.05, 4.69) is 10.4 Å². The van der Waals surface area contributed by atoms with Crippen LogP contribution in [0.4, 0.5) is 4.39 Å². The maximum atomic E-state index is 13.1. The molecule has 2 aliphatic heterocycles. The lowest BCUT2D eigenvalue weighted by atomic mass is 10.0. The van der Waals surface area contributed by atoms with Crippen LogP contribution in [0.1, 0.15) is 40.2 Å². The third kappa shape index (κ3) is 5.39. The second-order valence-corrected chi connectivity index (χ2v) is 8.79. The summed E-state index contributed by atoms with van der Waals surface area (Å²) in [6.07, 6.45) is 0.662. The number of ether oxygens (including phenoxy) is 1. The van der Waals surface area contributed by atoms with E-state index in [1.165, 1.54) is 18.2 Å². The summed E-state index contributed by atoms with van der Waals surface area (Å²) in [4.78, 5) is 41.5. The smallest absolute Gasteiger partial charge is 0.274 e. The van der Waals surface area contributed by atoms with E-state index in [0.717, 1.165) is 11.3 Å². The van der Waals surface area contributed by atoms with Crippen LogP contribution in [0.2, 0.25) is 5.02 Å². The Hall–Kier alpha value is -2.98. The number of benzene rings is 1. The first-order valence-corrected chi connectivity index (χ1v) is 11.6. The molecule has 0 aliphatic carbocycles. The fourth-order valence-corrected chi connectivity index (χ4v) is 4.45. The van der Waals surface area contributed by atoms with Crippen LogP contribution in [0.25, 0.3) is 0 Å². The number of aryl methyl sites for hydroxylation is 1. The zero-order valence-corrected chi connectivity index (χ0v) is 19.7. The Morgan fingerprint density at radius 3 is 2.65 bits per heavy atom. The lowest BCUT2D eigenvalue weighted by molar-refractivity contribution is -0.134. The average Bonchev–Trinajstić information content (AvgIpc) is 3.17. The first-order chi connectivity index (χ1) is 16.3. The summed E-state index contributed by atoms with van der Waals surface area (Å²) < 4.78 is 20.2. The topological polar surface area (TPSA) is 96.8 Å². The van der Waals surface area contributed by atoms with Gasteiger partial charge in [-0.05, 0) is 17.7 Å². The van der Waals surface area contributed by atoms with Crippen molar-refractivity contribution in [3.63, 3.8) is 0 Å². The van der Waals surface area contributed by atoms with Gasteiger partial charge in [-0.1, -0.05) is 17.7 Å². The number of halogens is 2. The fourth-order valence-electron chi connectivity index (χ4n) is 4.22. The molecule has 1 saturated heterocycles.